The second-order valence-electron chi connectivity index (χ2n) is 6.84. The van der Waals surface area contributed by atoms with Crippen LogP contribution < -0.4 is 4.72 Å². The SMILES string of the molecule is O=C(COC(=O)c1ccc(S(=O)(=O)Nc2ccc(SC(F)F)cc2)cc1)c1ccc([N+](=O)[O-])cc1. The first-order valence-corrected chi connectivity index (χ1v) is 12.0. The number of anilines is 1. The van der Waals surface area contributed by atoms with Gasteiger partial charge in [0.15, 0.2) is 12.4 Å². The van der Waals surface area contributed by atoms with Crippen LogP contribution >= 0.6 is 11.8 Å². The van der Waals surface area contributed by atoms with Gasteiger partial charge in [0.25, 0.3) is 21.5 Å². The summed E-state index contributed by atoms with van der Waals surface area (Å²) >= 11 is 0.332. The number of esters is 1. The van der Waals surface area contributed by atoms with Crippen LogP contribution in [0.2, 0.25) is 0 Å². The van der Waals surface area contributed by atoms with Crippen LogP contribution in [-0.4, -0.2) is 37.5 Å². The van der Waals surface area contributed by atoms with Gasteiger partial charge in [0.05, 0.1) is 15.4 Å². The fourth-order valence-corrected chi connectivity index (χ4v) is 4.31. The number of hydrogen-bond acceptors (Lipinski definition) is 8. The van der Waals surface area contributed by atoms with Gasteiger partial charge >= 0.3 is 5.97 Å². The number of sulfonamides is 1. The number of alkyl halides is 2. The number of nitro groups is 1. The number of benzene rings is 3. The van der Waals surface area contributed by atoms with Crippen LogP contribution in [0.3, 0.4) is 0 Å². The minimum Gasteiger partial charge on any atom is -0.454 e. The van der Waals surface area contributed by atoms with Crippen LogP contribution in [0.4, 0.5) is 20.2 Å². The molecule has 0 aliphatic rings. The van der Waals surface area contributed by atoms with Crippen molar-refractivity contribution in [2.45, 2.75) is 15.5 Å². The van der Waals surface area contributed by atoms with Crippen LogP contribution in [0, 0.1) is 10.1 Å². The van der Waals surface area contributed by atoms with Crippen molar-refractivity contribution in [2.24, 2.45) is 0 Å². The summed E-state index contributed by atoms with van der Waals surface area (Å²) in [4.78, 5) is 34.5. The Labute approximate surface area is 202 Å². The van der Waals surface area contributed by atoms with Crippen molar-refractivity contribution in [3.63, 3.8) is 0 Å². The molecule has 3 aromatic rings. The molecule has 3 rings (SSSR count). The first-order valence-electron chi connectivity index (χ1n) is 9.68. The van der Waals surface area contributed by atoms with Crippen LogP contribution in [-0.2, 0) is 14.8 Å². The zero-order valence-electron chi connectivity index (χ0n) is 17.6. The molecule has 0 saturated heterocycles. The zero-order chi connectivity index (χ0) is 25.6. The lowest BCUT2D eigenvalue weighted by Crippen LogP contribution is -2.15. The Morgan fingerprint density at radius 1 is 0.943 bits per heavy atom. The van der Waals surface area contributed by atoms with Crippen molar-refractivity contribution in [1.29, 1.82) is 0 Å². The molecule has 0 aliphatic carbocycles. The number of ether oxygens (including phenoxy) is 1. The van der Waals surface area contributed by atoms with Crippen molar-refractivity contribution in [3.8, 4) is 0 Å². The Hall–Kier alpha value is -3.84. The summed E-state index contributed by atoms with van der Waals surface area (Å²) in [5.41, 5.74) is 0.0910. The van der Waals surface area contributed by atoms with Gasteiger partial charge in [-0.2, -0.15) is 8.78 Å². The van der Waals surface area contributed by atoms with E-state index in [0.717, 1.165) is 24.3 Å². The summed E-state index contributed by atoms with van der Waals surface area (Å²) in [7, 11) is -4.02. The normalized spacial score (nSPS) is 11.2. The smallest absolute Gasteiger partial charge is 0.338 e. The molecule has 0 heterocycles. The van der Waals surface area contributed by atoms with Gasteiger partial charge in [-0.1, -0.05) is 11.8 Å². The number of carbonyl (C=O) groups excluding carboxylic acids is 2. The highest BCUT2D eigenvalue weighted by Crippen LogP contribution is 2.27. The maximum atomic E-state index is 12.5. The highest BCUT2D eigenvalue weighted by Gasteiger charge is 2.17. The summed E-state index contributed by atoms with van der Waals surface area (Å²) in [5, 5.41) is 10.7. The Balaban J connectivity index is 1.59. The van der Waals surface area contributed by atoms with Gasteiger partial charge in [0, 0.05) is 28.3 Å². The molecule has 0 fully saturated rings. The van der Waals surface area contributed by atoms with Gasteiger partial charge in [0.2, 0.25) is 0 Å². The molecule has 9 nitrogen and oxygen atoms in total. The topological polar surface area (TPSA) is 133 Å². The van der Waals surface area contributed by atoms with Gasteiger partial charge in [-0.05, 0) is 60.7 Å². The molecule has 0 saturated carbocycles. The first kappa shape index (κ1) is 25.8. The highest BCUT2D eigenvalue weighted by molar-refractivity contribution is 7.99. The number of Topliss-reactive ketones (excluding diaryl/α,β-unsaturated/α-hetero) is 1. The number of nitro benzene ring substituents is 1. The molecular formula is C22H16F2N2O7S2. The lowest BCUT2D eigenvalue weighted by molar-refractivity contribution is -0.384. The summed E-state index contributed by atoms with van der Waals surface area (Å²) in [6.45, 7) is -0.613. The summed E-state index contributed by atoms with van der Waals surface area (Å²) in [6.07, 6.45) is 0. The number of halogens is 2. The standard InChI is InChI=1S/C22H16F2N2O7S2/c23-22(24)34-18-9-5-16(6-10-18)25-35(31,32)19-11-3-15(4-12-19)21(28)33-13-20(27)14-1-7-17(8-2-14)26(29)30/h1-12,22,25H,13H2. The quantitative estimate of drug-likeness (QED) is 0.133. The summed E-state index contributed by atoms with van der Waals surface area (Å²) in [5.74, 6) is -4.04. The monoisotopic (exact) mass is 522 g/mol. The molecule has 3 aromatic carbocycles. The first-order chi connectivity index (χ1) is 16.5. The van der Waals surface area contributed by atoms with E-state index in [1.165, 1.54) is 48.5 Å². The number of hydrogen-bond donors (Lipinski definition) is 1. The lowest BCUT2D eigenvalue weighted by Gasteiger charge is -2.10. The van der Waals surface area contributed by atoms with Crippen LogP contribution in [0.5, 0.6) is 0 Å². The van der Waals surface area contributed by atoms with Crippen molar-refractivity contribution >= 4 is 44.9 Å². The van der Waals surface area contributed by atoms with Gasteiger partial charge in [0.1, 0.15) is 0 Å². The molecule has 13 heteroatoms. The summed E-state index contributed by atoms with van der Waals surface area (Å²) < 4.78 is 57.1. The van der Waals surface area contributed by atoms with E-state index < -0.39 is 39.1 Å². The van der Waals surface area contributed by atoms with Crippen LogP contribution in [0.15, 0.2) is 82.6 Å². The highest BCUT2D eigenvalue weighted by atomic mass is 32.2. The molecule has 0 amide bonds. The molecule has 0 radical (unpaired) electrons. The van der Waals surface area contributed by atoms with E-state index in [4.69, 9.17) is 4.74 Å². The molecular weight excluding hydrogens is 506 g/mol. The number of nitrogens with zero attached hydrogens (tertiary/aromatic N) is 1. The molecule has 1 N–H and O–H groups in total. The van der Waals surface area contributed by atoms with Gasteiger partial charge in [-0.25, -0.2) is 13.2 Å². The Morgan fingerprint density at radius 3 is 2.06 bits per heavy atom. The van der Waals surface area contributed by atoms with E-state index in [1.807, 2.05) is 0 Å². The van der Waals surface area contributed by atoms with E-state index in [-0.39, 0.29) is 32.3 Å². The number of non-ortho nitro benzene ring substituents is 1. The Bertz CT molecular complexity index is 1330. The minimum absolute atomic E-state index is 0.00572. The number of ketones is 1. The summed E-state index contributed by atoms with van der Waals surface area (Å²) in [6, 6.07) is 14.9. The molecule has 0 aromatic heterocycles. The Kier molecular flexibility index (Phi) is 8.14. The van der Waals surface area contributed by atoms with E-state index >= 15 is 0 Å². The van der Waals surface area contributed by atoms with E-state index in [9.17, 15) is 36.9 Å². The van der Waals surface area contributed by atoms with Crippen LogP contribution in [0.25, 0.3) is 0 Å². The van der Waals surface area contributed by atoms with Crippen molar-refractivity contribution in [2.75, 3.05) is 11.3 Å². The van der Waals surface area contributed by atoms with Crippen molar-refractivity contribution < 1.29 is 36.4 Å². The van der Waals surface area contributed by atoms with E-state index in [2.05, 4.69) is 4.72 Å². The number of rotatable bonds is 10. The fraction of sp³-hybridized carbons (Fsp3) is 0.0909. The second-order valence-corrected chi connectivity index (χ2v) is 9.58. The maximum absolute atomic E-state index is 12.5. The van der Waals surface area contributed by atoms with E-state index in [0.29, 0.717) is 11.8 Å². The minimum atomic E-state index is -4.02. The molecule has 0 unspecified atom stereocenters. The lowest BCUT2D eigenvalue weighted by atomic mass is 10.1. The molecule has 0 atom stereocenters. The molecule has 0 bridgehead atoms. The van der Waals surface area contributed by atoms with Crippen molar-refractivity contribution in [1.82, 2.24) is 0 Å². The predicted molar refractivity (Wildman–Crippen MR) is 123 cm³/mol. The molecule has 0 aliphatic heterocycles. The maximum Gasteiger partial charge on any atom is 0.338 e. The fourth-order valence-electron chi connectivity index (χ4n) is 2.76. The predicted octanol–water partition coefficient (Wildman–Crippen LogP) is 4.75. The van der Waals surface area contributed by atoms with Gasteiger partial charge in [-0.3, -0.25) is 19.6 Å². The van der Waals surface area contributed by atoms with Crippen molar-refractivity contribution in [3.05, 3.63) is 94.0 Å². The third-order valence-corrected chi connectivity index (χ3v) is 6.59. The van der Waals surface area contributed by atoms with Gasteiger partial charge in [-0.15, -0.1) is 0 Å². The molecule has 182 valence electrons. The number of carbonyl (C=O) groups is 2. The third kappa shape index (κ3) is 7.07. The number of thioether (sulfide) groups is 1. The zero-order valence-corrected chi connectivity index (χ0v) is 19.2. The van der Waals surface area contributed by atoms with E-state index in [1.54, 1.807) is 0 Å². The largest absolute Gasteiger partial charge is 0.454 e. The second kappa shape index (κ2) is 11.1. The number of nitrogens with one attached hydrogen (secondary N) is 1. The third-order valence-electron chi connectivity index (χ3n) is 4.47. The average molecular weight is 523 g/mol. The van der Waals surface area contributed by atoms with Crippen LogP contribution in [0.1, 0.15) is 20.7 Å². The molecule has 35 heavy (non-hydrogen) atoms. The molecule has 0 spiro atoms. The Morgan fingerprint density at radius 2 is 1.51 bits per heavy atom. The average Bonchev–Trinajstić information content (AvgIpc) is 2.83. The van der Waals surface area contributed by atoms with Gasteiger partial charge < -0.3 is 4.74 Å².